The highest BCUT2D eigenvalue weighted by molar-refractivity contribution is 6.74. The Morgan fingerprint density at radius 1 is 0.415 bits per heavy atom. The van der Waals surface area contributed by atoms with Crippen molar-refractivity contribution in [1.29, 1.82) is 0 Å². The zero-order chi connectivity index (χ0) is 85.9. The molecule has 670 valence electrons. The summed E-state index contributed by atoms with van der Waals surface area (Å²) in [6.45, 7) is 68.0. The Kier molecular flexibility index (Phi) is 33.3. The van der Waals surface area contributed by atoms with Gasteiger partial charge >= 0.3 is 0 Å². The Hall–Kier alpha value is -2.64. The molecule has 16 heterocycles. The number of hydrogen-bond acceptors (Lipinski definition) is 16. The molecule has 0 radical (unpaired) electrons. The number of hydrogen-bond donors (Lipinski definition) is 1. The molecule has 16 nitrogen and oxygen atoms in total. The number of aliphatic hydroxyl groups excluding tert-OH is 1. The maximum absolute atomic E-state index is 14.2. The maximum Gasteiger partial charge on any atom is 0.193 e. The van der Waals surface area contributed by atoms with Gasteiger partial charge in [-0.15, -0.1) is 0 Å². The molecule has 10 fully saturated rings. The average Bonchev–Trinajstić information content (AvgIpc) is 1.21. The van der Waals surface area contributed by atoms with Crippen molar-refractivity contribution in [3.05, 3.63) is 72.9 Å². The van der Waals surface area contributed by atoms with E-state index in [1.165, 1.54) is 0 Å². The Morgan fingerprint density at radius 2 is 0.788 bits per heavy atom. The second-order valence-corrected chi connectivity index (χ2v) is 53.0. The lowest BCUT2D eigenvalue weighted by atomic mass is 9.76. The van der Waals surface area contributed by atoms with Crippen LogP contribution in [0.15, 0.2) is 72.9 Å². The largest absolute Gasteiger partial charge is 0.408 e. The minimum Gasteiger partial charge on any atom is -0.408 e. The molecule has 118 heavy (non-hydrogen) atoms. The van der Waals surface area contributed by atoms with Gasteiger partial charge in [0.25, 0.3) is 0 Å². The van der Waals surface area contributed by atoms with E-state index < -0.39 is 22.7 Å². The van der Waals surface area contributed by atoms with Crippen LogP contribution < -0.4 is 0 Å². The minimum atomic E-state index is -2.23. The van der Waals surface area contributed by atoms with Gasteiger partial charge in [0.05, 0.1) is 140 Å². The van der Waals surface area contributed by atoms with Gasteiger partial charge in [0, 0.05) is 44.9 Å². The van der Waals surface area contributed by atoms with Crippen LogP contribution >= 0.6 is 0 Å². The van der Waals surface area contributed by atoms with Gasteiger partial charge in [-0.05, 0) is 245 Å². The van der Waals surface area contributed by atoms with Crippen molar-refractivity contribution in [2.45, 2.75) is 468 Å². The highest BCUT2D eigenvalue weighted by Crippen LogP contribution is 2.51. The van der Waals surface area contributed by atoms with E-state index in [1.54, 1.807) is 6.08 Å². The predicted molar refractivity (Wildman–Crippen MR) is 477 cm³/mol. The third kappa shape index (κ3) is 23.8. The van der Waals surface area contributed by atoms with Crippen molar-refractivity contribution in [1.82, 2.24) is 0 Å². The number of allylic oxidation sites excluding steroid dienone is 1. The molecular weight excluding hydrogens is 1510 g/mol. The van der Waals surface area contributed by atoms with Crippen LogP contribution in [0, 0.1) is 71.0 Å². The van der Waals surface area contributed by atoms with E-state index in [2.05, 4.69) is 183 Å². The fourth-order valence-electron chi connectivity index (χ4n) is 21.6. The minimum absolute atomic E-state index is 0.00174. The van der Waals surface area contributed by atoms with Gasteiger partial charge in [-0.1, -0.05) is 182 Å². The lowest BCUT2D eigenvalue weighted by Gasteiger charge is -2.51. The lowest BCUT2D eigenvalue weighted by Crippen LogP contribution is -2.58. The first kappa shape index (κ1) is 96.0. The van der Waals surface area contributed by atoms with Crippen LogP contribution in [0.2, 0.25) is 36.3 Å². The number of rotatable bonds is 10. The molecule has 16 aliphatic heterocycles. The number of ketones is 3. The van der Waals surface area contributed by atoms with Gasteiger partial charge in [0.2, 0.25) is 0 Å². The first-order valence-electron chi connectivity index (χ1n) is 47.7. The van der Waals surface area contributed by atoms with Crippen molar-refractivity contribution >= 4 is 34.0 Å². The summed E-state index contributed by atoms with van der Waals surface area (Å²) in [4.78, 5) is 41.9. The van der Waals surface area contributed by atoms with Crippen LogP contribution in [-0.4, -0.2) is 179 Å². The van der Waals surface area contributed by atoms with Crippen LogP contribution in [0.3, 0.4) is 0 Å². The second kappa shape index (κ2) is 41.0. The summed E-state index contributed by atoms with van der Waals surface area (Å²) in [5, 5.41) is 11.4. The van der Waals surface area contributed by atoms with Crippen LogP contribution in [0.25, 0.3) is 0 Å². The Bertz CT molecular complexity index is 3420. The van der Waals surface area contributed by atoms with Crippen molar-refractivity contribution in [3.63, 3.8) is 0 Å². The van der Waals surface area contributed by atoms with Crippen LogP contribution in [0.1, 0.15) is 292 Å². The quantitative estimate of drug-likeness (QED) is 0.161. The van der Waals surface area contributed by atoms with Crippen LogP contribution in [0.5, 0.6) is 0 Å². The number of carbonyl (C=O) groups excluding carboxylic acids is 3. The molecule has 0 aromatic carbocycles. The van der Waals surface area contributed by atoms with E-state index in [-0.39, 0.29) is 209 Å². The molecule has 0 spiro atoms. The molecule has 5 unspecified atom stereocenters. The predicted octanol–water partition coefficient (Wildman–Crippen LogP) is 21.6. The van der Waals surface area contributed by atoms with E-state index in [9.17, 15) is 19.5 Å². The highest BCUT2D eigenvalue weighted by Gasteiger charge is 2.55. The van der Waals surface area contributed by atoms with E-state index in [4.69, 9.17) is 56.2 Å². The molecule has 18 heteroatoms. The number of ether oxygens (including phenoxy) is 10. The molecule has 0 aromatic rings. The fourth-order valence-corrected chi connectivity index (χ4v) is 24.1. The van der Waals surface area contributed by atoms with Crippen LogP contribution in [-0.2, 0) is 70.6 Å². The molecule has 0 aromatic heterocycles. The molecule has 0 aliphatic carbocycles. The van der Waals surface area contributed by atoms with E-state index in [0.717, 1.165) is 144 Å². The summed E-state index contributed by atoms with van der Waals surface area (Å²) in [5.74, 6) is 3.92. The third-order valence-corrected chi connectivity index (χ3v) is 41.7. The average molecular weight is 1680 g/mol. The van der Waals surface area contributed by atoms with E-state index >= 15 is 0 Å². The van der Waals surface area contributed by atoms with E-state index in [1.807, 2.05) is 12.2 Å². The molecule has 0 saturated carbocycles. The first-order valence-corrected chi connectivity index (χ1v) is 53.5. The van der Waals surface area contributed by atoms with Gasteiger partial charge in [0.15, 0.2) is 22.4 Å². The van der Waals surface area contributed by atoms with E-state index in [0.29, 0.717) is 68.6 Å². The summed E-state index contributed by atoms with van der Waals surface area (Å²) in [6.07, 6.45) is 26.0. The Balaban J connectivity index is 0.000000231. The molecule has 1 N–H and O–H groups in total. The van der Waals surface area contributed by atoms with Gasteiger partial charge in [-0.3, -0.25) is 14.4 Å². The zero-order valence-corrected chi connectivity index (χ0v) is 79.8. The Morgan fingerprint density at radius 3 is 1.20 bits per heavy atom. The summed E-state index contributed by atoms with van der Waals surface area (Å²) in [6, 6.07) is 0. The second-order valence-electron chi connectivity index (χ2n) is 43.5. The number of carbonyl (C=O) groups is 3. The summed E-state index contributed by atoms with van der Waals surface area (Å²) >= 11 is 0. The first-order chi connectivity index (χ1) is 55.5. The number of aliphatic hydroxyl groups is 1. The maximum atomic E-state index is 14.2. The topological polar surface area (TPSA) is 182 Å². The highest BCUT2D eigenvalue weighted by atomic mass is 28.4. The van der Waals surface area contributed by atoms with Gasteiger partial charge in [-0.25, -0.2) is 0 Å². The number of fused-ring (bicyclic) bond motifs is 4. The molecule has 16 aliphatic rings. The summed E-state index contributed by atoms with van der Waals surface area (Å²) < 4.78 is 82.9. The normalized spacial score (nSPS) is 43.8. The van der Waals surface area contributed by atoms with Gasteiger partial charge in [0.1, 0.15) is 11.6 Å². The molecule has 16 bridgehead atoms. The van der Waals surface area contributed by atoms with Crippen molar-refractivity contribution in [2.75, 3.05) is 0 Å². The van der Waals surface area contributed by atoms with Crippen molar-refractivity contribution < 1.29 is 75.7 Å². The standard InChI is InChI=1S/C50H84O8Si.C50H82O8Si/c2*1-14-29(2)23-45-35(8)41-27-37(52)26-40-19-22-43-48(55-40)33(6)34(7)49(57-43)44(58-59(12,13)50(9,10)11)20-16-36(51)15-17-38-25-31(4)42(53-38)21-18-39-24-30(3)32(5)46(54-39)28-47(41)56-45/h16,20,29-30,33-36,38-49,51H,4-5,14-15,17-19,21-28H2,1-3,6-13H3;16,20,29-30,33-35,38-49H,4-5,14-15,17-19,21-28H2,1-3,6-13H3/b2*20-16+/t29-,30-,33-,34+,35-,36?,38+,39?,40?,41-,42+,43+,44+,45-,46-,47+,48-,49-;29-,30-,33-,34+,35-,38+,39?,40?,41-,42+,43+,44+,45-,46-,47+,48-,49-/m11/s1. The summed E-state index contributed by atoms with van der Waals surface area (Å²) in [5.41, 5.74) is 4.56. The molecule has 10 saturated heterocycles. The van der Waals surface area contributed by atoms with Crippen molar-refractivity contribution in [3.8, 4) is 0 Å². The van der Waals surface area contributed by atoms with Gasteiger partial charge in [-0.2, -0.15) is 0 Å². The molecular formula is C100H166O16Si2. The van der Waals surface area contributed by atoms with Gasteiger partial charge < -0.3 is 61.3 Å². The SMILES string of the molecule is C=C1C[C@@H]2CCC(=O)/C=C/[C@H](O[Si](C)(C)C(C)(C)C)[C@@H]3O[C@H]4CCC(CC(=O)C[C@@H]5[C@@H](C)[C@@H](C[C@H](C)CC)O[C@H]5C[C@H]5OC(CC[C@@H]1O2)C[C@@H](C)C5=C)O[C@@H]4[C@H](C)[C@@H]3C.C=C1C[C@@H]2CCC(O)/C=C/[C@H](O[Si](C)(C)C(C)(C)C)[C@@H]3O[C@H]4CCC(CC(=O)C[C@@H]5[C@@H](C)[C@@H](C[C@H](C)CC)O[C@H]5C[C@H]5OC(CC[C@@H]1O2)C[C@@H](C)C5=C)O[C@@H]4[C@H](C)[C@@H]3C. The monoisotopic (exact) mass is 1680 g/mol. The molecule has 35 atom stereocenters. The van der Waals surface area contributed by atoms with Crippen LogP contribution in [0.4, 0.5) is 0 Å². The third-order valence-electron chi connectivity index (χ3n) is 32.7. The fraction of sp³-hybridized carbons (Fsp3) is 0.850. The zero-order valence-electron chi connectivity index (χ0n) is 77.8. The number of Topliss-reactive ketones (excluding diaryl/α,β-unsaturated/α-hetero) is 2. The Labute approximate surface area is 717 Å². The smallest absolute Gasteiger partial charge is 0.193 e. The summed E-state index contributed by atoms with van der Waals surface area (Å²) in [7, 11) is -4.43. The van der Waals surface area contributed by atoms with Crippen molar-refractivity contribution in [2.24, 2.45) is 71.0 Å². The molecule has 16 rings (SSSR count). The lowest BCUT2D eigenvalue weighted by molar-refractivity contribution is -0.237. The molecule has 0 amide bonds.